The Morgan fingerprint density at radius 3 is 2.11 bits per heavy atom. The van der Waals surface area contributed by atoms with Crippen LogP contribution in [-0.4, -0.2) is 23.1 Å². The lowest BCUT2D eigenvalue weighted by Gasteiger charge is -2.33. The molecule has 4 N–H and O–H groups in total. The fraction of sp³-hybridized carbons (Fsp3) is 0.846. The second-order valence-electron chi connectivity index (χ2n) is 6.04. The summed E-state index contributed by atoms with van der Waals surface area (Å²) >= 11 is 0. The molecular formula is C13H25N3O2. The molecule has 1 rings (SSSR count). The quantitative estimate of drug-likeness (QED) is 0.402. The van der Waals surface area contributed by atoms with Gasteiger partial charge in [0.25, 0.3) is 0 Å². The first-order valence-electron chi connectivity index (χ1n) is 6.61. The molecule has 0 atom stereocenters. The van der Waals surface area contributed by atoms with Crippen LogP contribution in [0.15, 0.2) is 0 Å². The predicted octanol–water partition coefficient (Wildman–Crippen LogP) is 2.54. The van der Waals surface area contributed by atoms with Gasteiger partial charge in [-0.2, -0.15) is 0 Å². The first-order valence-corrected chi connectivity index (χ1v) is 6.61. The highest BCUT2D eigenvalue weighted by molar-refractivity contribution is 5.90. The Kier molecular flexibility index (Phi) is 4.59. The second kappa shape index (κ2) is 5.59. The molecule has 0 aliphatic heterocycles. The van der Waals surface area contributed by atoms with Crippen molar-refractivity contribution in [2.24, 2.45) is 5.73 Å². The van der Waals surface area contributed by atoms with E-state index in [-0.39, 0.29) is 5.84 Å². The lowest BCUT2D eigenvalue weighted by Crippen LogP contribution is -2.57. The Labute approximate surface area is 109 Å². The maximum Gasteiger partial charge on any atom is 0.408 e. The van der Waals surface area contributed by atoms with Crippen molar-refractivity contribution in [2.45, 2.75) is 70.4 Å². The van der Waals surface area contributed by atoms with E-state index in [9.17, 15) is 4.79 Å². The van der Waals surface area contributed by atoms with Crippen molar-refractivity contribution in [1.29, 1.82) is 5.41 Å². The molecule has 1 aliphatic rings. The molecule has 0 spiro atoms. The minimum absolute atomic E-state index is 0.0373. The molecule has 0 bridgehead atoms. The molecule has 1 amide bonds. The van der Waals surface area contributed by atoms with E-state index in [0.717, 1.165) is 38.5 Å². The Balaban J connectivity index is 2.73. The predicted molar refractivity (Wildman–Crippen MR) is 71.7 cm³/mol. The van der Waals surface area contributed by atoms with Gasteiger partial charge in [0, 0.05) is 0 Å². The van der Waals surface area contributed by atoms with Crippen molar-refractivity contribution in [2.75, 3.05) is 0 Å². The molecule has 0 saturated heterocycles. The number of rotatable bonds is 2. The zero-order valence-electron chi connectivity index (χ0n) is 11.6. The number of nitrogens with one attached hydrogen (secondary N) is 2. The highest BCUT2D eigenvalue weighted by Crippen LogP contribution is 2.27. The highest BCUT2D eigenvalue weighted by atomic mass is 16.6. The molecule has 104 valence electrons. The van der Waals surface area contributed by atoms with E-state index >= 15 is 0 Å². The van der Waals surface area contributed by atoms with Gasteiger partial charge in [0.15, 0.2) is 0 Å². The summed E-state index contributed by atoms with van der Waals surface area (Å²) in [4.78, 5) is 11.9. The van der Waals surface area contributed by atoms with E-state index in [2.05, 4.69) is 5.32 Å². The molecule has 5 heteroatoms. The molecule has 0 radical (unpaired) electrons. The molecule has 1 aliphatic carbocycles. The van der Waals surface area contributed by atoms with Gasteiger partial charge in [-0.3, -0.25) is 5.41 Å². The van der Waals surface area contributed by atoms with Crippen molar-refractivity contribution in [3.05, 3.63) is 0 Å². The number of hydrogen-bond donors (Lipinski definition) is 3. The van der Waals surface area contributed by atoms with Crippen LogP contribution < -0.4 is 11.1 Å². The first-order chi connectivity index (χ1) is 8.25. The lowest BCUT2D eigenvalue weighted by atomic mass is 9.89. The van der Waals surface area contributed by atoms with Crippen molar-refractivity contribution in [3.63, 3.8) is 0 Å². The summed E-state index contributed by atoms with van der Waals surface area (Å²) in [5.41, 5.74) is 4.45. The third-order valence-corrected chi connectivity index (χ3v) is 3.21. The van der Waals surface area contributed by atoms with Crippen molar-refractivity contribution >= 4 is 11.9 Å². The fourth-order valence-electron chi connectivity index (χ4n) is 2.29. The summed E-state index contributed by atoms with van der Waals surface area (Å²) in [6, 6.07) is 0. The lowest BCUT2D eigenvalue weighted by molar-refractivity contribution is 0.0477. The molecule has 0 aromatic carbocycles. The number of amidine groups is 1. The molecule has 1 saturated carbocycles. The number of amides is 1. The molecule has 0 aromatic rings. The van der Waals surface area contributed by atoms with E-state index in [1.54, 1.807) is 0 Å². The van der Waals surface area contributed by atoms with E-state index < -0.39 is 17.2 Å². The zero-order chi connectivity index (χ0) is 13.8. The van der Waals surface area contributed by atoms with Gasteiger partial charge in [0.05, 0.1) is 5.54 Å². The molecule has 1 fully saturated rings. The van der Waals surface area contributed by atoms with Crippen molar-refractivity contribution < 1.29 is 9.53 Å². The number of nitrogens with two attached hydrogens (primary N) is 1. The molecule has 0 aromatic heterocycles. The number of carbonyl (C=O) groups excluding carboxylic acids is 1. The van der Waals surface area contributed by atoms with E-state index in [1.165, 1.54) is 0 Å². The van der Waals surface area contributed by atoms with Crippen LogP contribution in [0.25, 0.3) is 0 Å². The molecule has 18 heavy (non-hydrogen) atoms. The Bertz CT molecular complexity index is 313. The number of carbonyl (C=O) groups is 1. The second-order valence-corrected chi connectivity index (χ2v) is 6.04. The average molecular weight is 255 g/mol. The minimum Gasteiger partial charge on any atom is -0.444 e. The third kappa shape index (κ3) is 4.20. The molecule has 5 nitrogen and oxygen atoms in total. The fourth-order valence-corrected chi connectivity index (χ4v) is 2.29. The largest absolute Gasteiger partial charge is 0.444 e. The van der Waals surface area contributed by atoms with Gasteiger partial charge >= 0.3 is 6.09 Å². The standard InChI is InChI=1S/C13H25N3O2/c1-12(2,3)18-11(17)16-13(10(14)15)8-6-4-5-7-9-13/h4-9H2,1-3H3,(H3,14,15)(H,16,17). The minimum atomic E-state index is -0.709. The third-order valence-electron chi connectivity index (χ3n) is 3.21. The summed E-state index contributed by atoms with van der Waals surface area (Å²) in [5, 5.41) is 10.6. The Morgan fingerprint density at radius 2 is 1.72 bits per heavy atom. The van der Waals surface area contributed by atoms with Crippen LogP contribution in [0.3, 0.4) is 0 Å². The van der Waals surface area contributed by atoms with E-state index in [0.29, 0.717) is 0 Å². The van der Waals surface area contributed by atoms with Crippen LogP contribution in [-0.2, 0) is 4.74 Å². The summed E-state index contributed by atoms with van der Waals surface area (Å²) in [6.07, 6.45) is 5.18. The summed E-state index contributed by atoms with van der Waals surface area (Å²) < 4.78 is 5.25. The van der Waals surface area contributed by atoms with Gasteiger partial charge in [0.1, 0.15) is 11.4 Å². The van der Waals surface area contributed by atoms with Gasteiger partial charge in [-0.05, 0) is 33.6 Å². The van der Waals surface area contributed by atoms with E-state index in [4.69, 9.17) is 15.9 Å². The maximum atomic E-state index is 11.9. The smallest absolute Gasteiger partial charge is 0.408 e. The Hall–Kier alpha value is -1.26. The monoisotopic (exact) mass is 255 g/mol. The molecule has 0 heterocycles. The van der Waals surface area contributed by atoms with E-state index in [1.807, 2.05) is 20.8 Å². The number of ether oxygens (including phenoxy) is 1. The average Bonchev–Trinajstić information content (AvgIpc) is 2.41. The van der Waals surface area contributed by atoms with Crippen molar-refractivity contribution in [3.8, 4) is 0 Å². The van der Waals surface area contributed by atoms with Crippen LogP contribution in [0.4, 0.5) is 4.79 Å². The topological polar surface area (TPSA) is 88.2 Å². The molecule has 0 unspecified atom stereocenters. The van der Waals surface area contributed by atoms with Crippen LogP contribution in [0.1, 0.15) is 59.3 Å². The zero-order valence-corrected chi connectivity index (χ0v) is 11.6. The summed E-state index contributed by atoms with van der Waals surface area (Å²) in [5.74, 6) is 0.0373. The van der Waals surface area contributed by atoms with Gasteiger partial charge in [0.2, 0.25) is 0 Å². The Morgan fingerprint density at radius 1 is 1.22 bits per heavy atom. The summed E-state index contributed by atoms with van der Waals surface area (Å²) in [7, 11) is 0. The van der Waals surface area contributed by atoms with Crippen LogP contribution in [0, 0.1) is 5.41 Å². The number of hydrogen-bond acceptors (Lipinski definition) is 3. The van der Waals surface area contributed by atoms with Crippen molar-refractivity contribution in [1.82, 2.24) is 5.32 Å². The van der Waals surface area contributed by atoms with Gasteiger partial charge in [-0.1, -0.05) is 25.7 Å². The van der Waals surface area contributed by atoms with Crippen LogP contribution in [0.2, 0.25) is 0 Å². The van der Waals surface area contributed by atoms with Gasteiger partial charge in [-0.25, -0.2) is 4.79 Å². The van der Waals surface area contributed by atoms with Crippen LogP contribution >= 0.6 is 0 Å². The van der Waals surface area contributed by atoms with Gasteiger partial charge in [-0.15, -0.1) is 0 Å². The SMILES string of the molecule is CC(C)(C)OC(=O)NC1(C(=N)N)CCCCCC1. The highest BCUT2D eigenvalue weighted by Gasteiger charge is 2.37. The summed E-state index contributed by atoms with van der Waals surface area (Å²) in [6.45, 7) is 5.46. The normalized spacial score (nSPS) is 19.7. The number of alkyl carbamates (subject to hydrolysis) is 1. The molecular weight excluding hydrogens is 230 g/mol. The van der Waals surface area contributed by atoms with Crippen LogP contribution in [0.5, 0.6) is 0 Å². The van der Waals surface area contributed by atoms with Gasteiger partial charge < -0.3 is 15.8 Å². The first kappa shape index (κ1) is 14.8. The maximum absolute atomic E-state index is 11.9.